The molecule has 0 amide bonds. The summed E-state index contributed by atoms with van der Waals surface area (Å²) >= 11 is 0. The summed E-state index contributed by atoms with van der Waals surface area (Å²) in [7, 11) is 2.19. The van der Waals surface area contributed by atoms with Crippen LogP contribution in [0.2, 0.25) is 0 Å². The first-order valence-corrected chi connectivity index (χ1v) is 7.04. The van der Waals surface area contributed by atoms with Crippen molar-refractivity contribution in [3.05, 3.63) is 70.0 Å². The fourth-order valence-corrected chi connectivity index (χ4v) is 3.25. The summed E-state index contributed by atoms with van der Waals surface area (Å²) in [5.41, 5.74) is 8.76. The molecule has 0 spiro atoms. The summed E-state index contributed by atoms with van der Waals surface area (Å²) < 4.78 is 0. The Kier molecular flexibility index (Phi) is 4.17. The van der Waals surface area contributed by atoms with Gasteiger partial charge in [0.25, 0.3) is 0 Å². The molecule has 0 saturated heterocycles. The highest BCUT2D eigenvalue weighted by Gasteiger charge is 2.26. The number of hydrogen-bond donors (Lipinski definition) is 0. The summed E-state index contributed by atoms with van der Waals surface area (Å²) in [6.45, 7) is 5.40. The fraction of sp³-hybridized carbons (Fsp3) is 0.368. The Labute approximate surface area is 123 Å². The maximum absolute atomic E-state index is 2.37. The first kappa shape index (κ1) is 14.6. The predicted molar refractivity (Wildman–Crippen MR) is 88.4 cm³/mol. The van der Waals surface area contributed by atoms with E-state index >= 15 is 0 Å². The summed E-state index contributed by atoms with van der Waals surface area (Å²) in [5, 5.41) is 0. The van der Waals surface area contributed by atoms with E-state index in [2.05, 4.69) is 62.3 Å². The molecule has 0 N–H and O–H groups in total. The highest BCUT2D eigenvalue weighted by atomic mass is 15.1. The van der Waals surface area contributed by atoms with E-state index in [0.29, 0.717) is 0 Å². The molecule has 2 aliphatic carbocycles. The molecule has 0 atom stereocenters. The SMILES string of the molecule is C.C/C=C1/CC2=C(C=CC=C(C)C2)C2=C1N(C)CC=C2. The minimum atomic E-state index is 0. The van der Waals surface area contributed by atoms with Gasteiger partial charge in [0.15, 0.2) is 0 Å². The van der Waals surface area contributed by atoms with E-state index in [0.717, 1.165) is 19.4 Å². The van der Waals surface area contributed by atoms with E-state index in [1.807, 2.05) is 0 Å². The Bertz CT molecular complexity index is 591. The summed E-state index contributed by atoms with van der Waals surface area (Å²) in [4.78, 5) is 2.37. The molecular weight excluding hydrogens is 242 g/mol. The van der Waals surface area contributed by atoms with Crippen LogP contribution in [0.5, 0.6) is 0 Å². The lowest BCUT2D eigenvalue weighted by molar-refractivity contribution is 0.458. The van der Waals surface area contributed by atoms with Crippen LogP contribution in [-0.2, 0) is 0 Å². The van der Waals surface area contributed by atoms with Gasteiger partial charge in [0, 0.05) is 24.9 Å². The van der Waals surface area contributed by atoms with Crippen molar-refractivity contribution in [1.29, 1.82) is 0 Å². The van der Waals surface area contributed by atoms with Crippen molar-refractivity contribution in [2.75, 3.05) is 13.6 Å². The normalized spacial score (nSPS) is 23.2. The number of rotatable bonds is 0. The van der Waals surface area contributed by atoms with Crippen molar-refractivity contribution in [1.82, 2.24) is 4.90 Å². The predicted octanol–water partition coefficient (Wildman–Crippen LogP) is 4.93. The maximum atomic E-state index is 2.37. The highest BCUT2D eigenvalue weighted by molar-refractivity contribution is 5.63. The molecule has 20 heavy (non-hydrogen) atoms. The van der Waals surface area contributed by atoms with Gasteiger partial charge in [-0.3, -0.25) is 0 Å². The molecule has 3 rings (SSSR count). The van der Waals surface area contributed by atoms with Gasteiger partial charge in [0.2, 0.25) is 0 Å². The third-order valence-electron chi connectivity index (χ3n) is 4.16. The van der Waals surface area contributed by atoms with Crippen molar-refractivity contribution in [2.24, 2.45) is 0 Å². The highest BCUT2D eigenvalue weighted by Crippen LogP contribution is 2.41. The molecule has 1 aliphatic heterocycles. The van der Waals surface area contributed by atoms with E-state index in [9.17, 15) is 0 Å². The molecule has 1 heterocycles. The van der Waals surface area contributed by atoms with Gasteiger partial charge in [-0.05, 0) is 37.8 Å². The molecule has 1 nitrogen and oxygen atoms in total. The molecule has 0 radical (unpaired) electrons. The molecule has 0 bridgehead atoms. The van der Waals surface area contributed by atoms with E-state index in [-0.39, 0.29) is 7.43 Å². The summed E-state index contributed by atoms with van der Waals surface area (Å²) in [5.74, 6) is 0. The van der Waals surface area contributed by atoms with Crippen LogP contribution in [0.15, 0.2) is 70.0 Å². The third kappa shape index (κ3) is 2.33. The third-order valence-corrected chi connectivity index (χ3v) is 4.16. The van der Waals surface area contributed by atoms with Crippen LogP contribution in [0.4, 0.5) is 0 Å². The lowest BCUT2D eigenvalue weighted by Gasteiger charge is -2.34. The zero-order valence-corrected chi connectivity index (χ0v) is 12.0. The number of likely N-dealkylation sites (N-methyl/N-ethyl adjacent to an activating group) is 1. The van der Waals surface area contributed by atoms with Crippen molar-refractivity contribution in [2.45, 2.75) is 34.1 Å². The summed E-state index contributed by atoms with van der Waals surface area (Å²) in [6, 6.07) is 0. The lowest BCUT2D eigenvalue weighted by atomic mass is 9.81. The van der Waals surface area contributed by atoms with Gasteiger partial charge in [-0.2, -0.15) is 0 Å². The molecule has 0 unspecified atom stereocenters. The average Bonchev–Trinajstić information content (AvgIpc) is 2.58. The van der Waals surface area contributed by atoms with Crippen LogP contribution in [0, 0.1) is 0 Å². The van der Waals surface area contributed by atoms with Crippen molar-refractivity contribution in [3.63, 3.8) is 0 Å². The molecule has 3 aliphatic rings. The zero-order valence-electron chi connectivity index (χ0n) is 12.0. The van der Waals surface area contributed by atoms with Crippen LogP contribution >= 0.6 is 0 Å². The molecule has 0 aromatic carbocycles. The van der Waals surface area contributed by atoms with Crippen molar-refractivity contribution >= 4 is 0 Å². The topological polar surface area (TPSA) is 3.24 Å². The van der Waals surface area contributed by atoms with E-state index in [1.54, 1.807) is 5.57 Å². The lowest BCUT2D eigenvalue weighted by Crippen LogP contribution is -2.26. The Morgan fingerprint density at radius 2 is 1.95 bits per heavy atom. The van der Waals surface area contributed by atoms with Crippen LogP contribution in [0.25, 0.3) is 0 Å². The van der Waals surface area contributed by atoms with E-state index < -0.39 is 0 Å². The first-order valence-electron chi connectivity index (χ1n) is 7.04. The van der Waals surface area contributed by atoms with Gasteiger partial charge < -0.3 is 4.90 Å². The van der Waals surface area contributed by atoms with Gasteiger partial charge in [0.05, 0.1) is 0 Å². The standard InChI is InChI=1S/C18H21N.CH4/c1-4-14-12-15-11-13(2)7-5-8-16(15)17-9-6-10-19(3)18(14)17;/h4-9H,10-12H2,1-3H3;1H4/b14-4-;. The Morgan fingerprint density at radius 3 is 2.70 bits per heavy atom. The number of nitrogens with zero attached hydrogens (tertiary/aromatic N) is 1. The van der Waals surface area contributed by atoms with E-state index in [4.69, 9.17) is 0 Å². The second-order valence-corrected chi connectivity index (χ2v) is 5.60. The van der Waals surface area contributed by atoms with Gasteiger partial charge in [-0.1, -0.05) is 55.0 Å². The average molecular weight is 267 g/mol. The maximum Gasteiger partial charge on any atom is 0.0478 e. The number of fused-ring (bicyclic) bond motifs is 1. The second kappa shape index (κ2) is 5.70. The summed E-state index contributed by atoms with van der Waals surface area (Å²) in [6.07, 6.45) is 15.8. The minimum absolute atomic E-state index is 0. The van der Waals surface area contributed by atoms with Gasteiger partial charge in [-0.25, -0.2) is 0 Å². The molecule has 106 valence electrons. The molecular formula is C19H25N. The molecule has 0 aromatic heterocycles. The van der Waals surface area contributed by atoms with Gasteiger partial charge in [-0.15, -0.1) is 0 Å². The number of hydrogen-bond acceptors (Lipinski definition) is 1. The largest absolute Gasteiger partial charge is 0.370 e. The quantitative estimate of drug-likeness (QED) is 0.601. The molecule has 1 heteroatoms. The Hall–Kier alpha value is -1.76. The Balaban J connectivity index is 0.00000147. The van der Waals surface area contributed by atoms with Crippen LogP contribution in [0.1, 0.15) is 34.1 Å². The van der Waals surface area contributed by atoms with Gasteiger partial charge >= 0.3 is 0 Å². The molecule has 0 fully saturated rings. The van der Waals surface area contributed by atoms with Crippen LogP contribution < -0.4 is 0 Å². The van der Waals surface area contributed by atoms with Crippen LogP contribution in [-0.4, -0.2) is 18.5 Å². The monoisotopic (exact) mass is 267 g/mol. The zero-order chi connectivity index (χ0) is 13.4. The van der Waals surface area contributed by atoms with Gasteiger partial charge in [0.1, 0.15) is 0 Å². The first-order chi connectivity index (χ1) is 9.20. The van der Waals surface area contributed by atoms with E-state index in [1.165, 1.54) is 28.0 Å². The molecule has 0 saturated carbocycles. The minimum Gasteiger partial charge on any atom is -0.370 e. The Morgan fingerprint density at radius 1 is 1.15 bits per heavy atom. The van der Waals surface area contributed by atoms with Crippen LogP contribution in [0.3, 0.4) is 0 Å². The number of allylic oxidation sites excluding steroid dienone is 10. The van der Waals surface area contributed by atoms with Crippen molar-refractivity contribution in [3.8, 4) is 0 Å². The van der Waals surface area contributed by atoms with Crippen molar-refractivity contribution < 1.29 is 0 Å². The fourth-order valence-electron chi connectivity index (χ4n) is 3.25. The molecule has 0 aromatic rings. The smallest absolute Gasteiger partial charge is 0.0478 e. The second-order valence-electron chi connectivity index (χ2n) is 5.60.